The van der Waals surface area contributed by atoms with Gasteiger partial charge in [-0.2, -0.15) is 0 Å². The fourth-order valence-electron chi connectivity index (χ4n) is 5.09. The Bertz CT molecular complexity index is 1010. The highest BCUT2D eigenvalue weighted by Crippen LogP contribution is 2.37. The smallest absolute Gasteiger partial charge is 0.282 e. The van der Waals surface area contributed by atoms with E-state index in [-0.39, 0.29) is 11.8 Å². The van der Waals surface area contributed by atoms with E-state index in [1.807, 2.05) is 54.6 Å². The van der Waals surface area contributed by atoms with Crippen molar-refractivity contribution in [3.8, 4) is 0 Å². The standard InChI is InChI=1S/C26H29N3O2/c1-19-8-7-17-28(18-19)24-23(20-9-3-2-4-10-20)25(30)29(26(24)31)22-13-11-21(12-14-22)27-15-5-6-16-27/h2-4,9-14,19H,5-8,15-18H2,1H3. The van der Waals surface area contributed by atoms with Crippen LogP contribution in [0.3, 0.4) is 0 Å². The molecular formula is C26H29N3O2. The maximum atomic E-state index is 13.6. The molecule has 5 rings (SSSR count). The quantitative estimate of drug-likeness (QED) is 0.699. The first-order valence-corrected chi connectivity index (χ1v) is 11.4. The predicted octanol–water partition coefficient (Wildman–Crippen LogP) is 4.30. The molecule has 2 amide bonds. The molecule has 2 fully saturated rings. The molecule has 5 heteroatoms. The first-order chi connectivity index (χ1) is 15.1. The van der Waals surface area contributed by atoms with Gasteiger partial charge >= 0.3 is 0 Å². The molecule has 0 spiro atoms. The van der Waals surface area contributed by atoms with E-state index in [0.717, 1.165) is 50.3 Å². The van der Waals surface area contributed by atoms with E-state index in [4.69, 9.17) is 0 Å². The second kappa shape index (κ2) is 8.22. The Balaban J connectivity index is 1.51. The van der Waals surface area contributed by atoms with Crippen molar-refractivity contribution in [1.82, 2.24) is 4.90 Å². The number of piperidine rings is 1. The Kier molecular flexibility index (Phi) is 5.26. The van der Waals surface area contributed by atoms with Crippen LogP contribution in [0.15, 0.2) is 60.3 Å². The van der Waals surface area contributed by atoms with Gasteiger partial charge in [0.15, 0.2) is 0 Å². The highest BCUT2D eigenvalue weighted by molar-refractivity contribution is 6.45. The summed E-state index contributed by atoms with van der Waals surface area (Å²) in [6.45, 7) is 5.98. The fraction of sp³-hybridized carbons (Fsp3) is 0.385. The van der Waals surface area contributed by atoms with Crippen molar-refractivity contribution in [3.63, 3.8) is 0 Å². The van der Waals surface area contributed by atoms with Crippen molar-refractivity contribution in [2.75, 3.05) is 36.0 Å². The summed E-state index contributed by atoms with van der Waals surface area (Å²) in [5, 5.41) is 0. The maximum absolute atomic E-state index is 13.6. The van der Waals surface area contributed by atoms with Crippen LogP contribution in [0.1, 0.15) is 38.2 Å². The second-order valence-corrected chi connectivity index (χ2v) is 8.94. The Morgan fingerprint density at radius 1 is 0.742 bits per heavy atom. The van der Waals surface area contributed by atoms with E-state index in [1.165, 1.54) is 17.7 Å². The van der Waals surface area contributed by atoms with Crippen molar-refractivity contribution in [2.24, 2.45) is 5.92 Å². The summed E-state index contributed by atoms with van der Waals surface area (Å²) >= 11 is 0. The summed E-state index contributed by atoms with van der Waals surface area (Å²) in [5.74, 6) is 0.0835. The normalized spacial score (nSPS) is 22.1. The number of carbonyl (C=O) groups excluding carboxylic acids is 2. The van der Waals surface area contributed by atoms with E-state index >= 15 is 0 Å². The lowest BCUT2D eigenvalue weighted by Gasteiger charge is -2.33. The first-order valence-electron chi connectivity index (χ1n) is 11.4. The van der Waals surface area contributed by atoms with E-state index in [2.05, 4.69) is 16.7 Å². The molecule has 1 atom stereocenters. The zero-order valence-corrected chi connectivity index (χ0v) is 18.1. The lowest BCUT2D eigenvalue weighted by Crippen LogP contribution is -2.39. The van der Waals surface area contributed by atoms with Gasteiger partial charge in [-0.15, -0.1) is 0 Å². The number of carbonyl (C=O) groups is 2. The van der Waals surface area contributed by atoms with E-state index in [1.54, 1.807) is 0 Å². The van der Waals surface area contributed by atoms with Gasteiger partial charge in [-0.1, -0.05) is 37.3 Å². The van der Waals surface area contributed by atoms with Crippen LogP contribution in [0.4, 0.5) is 11.4 Å². The van der Waals surface area contributed by atoms with E-state index in [0.29, 0.717) is 22.9 Å². The number of amides is 2. The number of likely N-dealkylation sites (tertiary alicyclic amines) is 1. The third-order valence-electron chi connectivity index (χ3n) is 6.67. The molecule has 160 valence electrons. The molecule has 0 bridgehead atoms. The second-order valence-electron chi connectivity index (χ2n) is 8.94. The molecule has 3 aliphatic rings. The third kappa shape index (κ3) is 3.62. The molecule has 2 aromatic carbocycles. The highest BCUT2D eigenvalue weighted by atomic mass is 16.2. The number of hydrogen-bond acceptors (Lipinski definition) is 4. The number of nitrogens with zero attached hydrogens (tertiary/aromatic N) is 3. The van der Waals surface area contributed by atoms with Gasteiger partial charge in [0.1, 0.15) is 5.70 Å². The lowest BCUT2D eigenvalue weighted by atomic mass is 9.98. The summed E-state index contributed by atoms with van der Waals surface area (Å²) < 4.78 is 0. The van der Waals surface area contributed by atoms with Gasteiger partial charge in [0.05, 0.1) is 11.3 Å². The van der Waals surface area contributed by atoms with E-state index < -0.39 is 0 Å². The molecule has 0 aliphatic carbocycles. The van der Waals surface area contributed by atoms with Gasteiger partial charge in [0, 0.05) is 31.9 Å². The first kappa shape index (κ1) is 19.9. The van der Waals surface area contributed by atoms with Crippen molar-refractivity contribution in [1.29, 1.82) is 0 Å². The molecule has 0 radical (unpaired) electrons. The largest absolute Gasteiger partial charge is 0.372 e. The molecule has 2 saturated heterocycles. The Labute approximate surface area is 183 Å². The van der Waals surface area contributed by atoms with Gasteiger partial charge in [0.25, 0.3) is 11.8 Å². The minimum Gasteiger partial charge on any atom is -0.372 e. The summed E-state index contributed by atoms with van der Waals surface area (Å²) in [6.07, 6.45) is 4.63. The molecule has 0 aromatic heterocycles. The van der Waals surface area contributed by atoms with Crippen molar-refractivity contribution in [3.05, 3.63) is 65.9 Å². The van der Waals surface area contributed by atoms with Crippen LogP contribution in [-0.4, -0.2) is 42.9 Å². The molecule has 3 aliphatic heterocycles. The minimum absolute atomic E-state index is 0.202. The monoisotopic (exact) mass is 415 g/mol. The van der Waals surface area contributed by atoms with Crippen LogP contribution in [-0.2, 0) is 9.59 Å². The van der Waals surface area contributed by atoms with Crippen LogP contribution < -0.4 is 9.80 Å². The number of anilines is 2. The lowest BCUT2D eigenvalue weighted by molar-refractivity contribution is -0.120. The van der Waals surface area contributed by atoms with E-state index in [9.17, 15) is 9.59 Å². The molecule has 0 saturated carbocycles. The van der Waals surface area contributed by atoms with Crippen molar-refractivity contribution in [2.45, 2.75) is 32.6 Å². The van der Waals surface area contributed by atoms with Gasteiger partial charge in [-0.05, 0) is 61.4 Å². The molecule has 3 heterocycles. The average molecular weight is 416 g/mol. The Morgan fingerprint density at radius 2 is 1.39 bits per heavy atom. The van der Waals surface area contributed by atoms with Gasteiger partial charge in [-0.25, -0.2) is 4.90 Å². The Morgan fingerprint density at radius 3 is 2.06 bits per heavy atom. The van der Waals surface area contributed by atoms with Gasteiger partial charge in [-0.3, -0.25) is 9.59 Å². The van der Waals surface area contributed by atoms with Crippen LogP contribution >= 0.6 is 0 Å². The van der Waals surface area contributed by atoms with Crippen molar-refractivity contribution >= 4 is 28.8 Å². The molecular weight excluding hydrogens is 386 g/mol. The summed E-state index contributed by atoms with van der Waals surface area (Å²) in [5.41, 5.74) is 3.70. The molecule has 1 unspecified atom stereocenters. The van der Waals surface area contributed by atoms with Crippen LogP contribution in [0.25, 0.3) is 5.57 Å². The van der Waals surface area contributed by atoms with Gasteiger partial charge in [0.2, 0.25) is 0 Å². The molecule has 0 N–H and O–H groups in total. The summed E-state index contributed by atoms with van der Waals surface area (Å²) in [6, 6.07) is 17.5. The molecule has 31 heavy (non-hydrogen) atoms. The summed E-state index contributed by atoms with van der Waals surface area (Å²) in [4.78, 5) is 33.1. The highest BCUT2D eigenvalue weighted by Gasteiger charge is 2.43. The number of benzene rings is 2. The van der Waals surface area contributed by atoms with Gasteiger partial charge < -0.3 is 9.80 Å². The molecule has 5 nitrogen and oxygen atoms in total. The zero-order valence-electron chi connectivity index (χ0n) is 18.1. The number of rotatable bonds is 4. The predicted molar refractivity (Wildman–Crippen MR) is 124 cm³/mol. The third-order valence-corrected chi connectivity index (χ3v) is 6.67. The average Bonchev–Trinajstić information content (AvgIpc) is 3.41. The fourth-order valence-corrected chi connectivity index (χ4v) is 5.09. The van der Waals surface area contributed by atoms with Crippen LogP contribution in [0.5, 0.6) is 0 Å². The SMILES string of the molecule is CC1CCCN(C2=C(c3ccccc3)C(=O)N(c3ccc(N4CCCC4)cc3)C2=O)C1. The number of hydrogen-bond donors (Lipinski definition) is 0. The van der Waals surface area contributed by atoms with Crippen LogP contribution in [0.2, 0.25) is 0 Å². The Hall–Kier alpha value is -3.08. The molecule has 2 aromatic rings. The maximum Gasteiger partial charge on any atom is 0.282 e. The number of imide groups is 1. The minimum atomic E-state index is -0.224. The van der Waals surface area contributed by atoms with Crippen molar-refractivity contribution < 1.29 is 9.59 Å². The topological polar surface area (TPSA) is 43.9 Å². The summed E-state index contributed by atoms with van der Waals surface area (Å²) in [7, 11) is 0. The van der Waals surface area contributed by atoms with Crippen LogP contribution in [0, 0.1) is 5.92 Å². The zero-order chi connectivity index (χ0) is 21.4.